The Balaban J connectivity index is 1.55. The smallest absolute Gasteiger partial charge is 0.416 e. The van der Waals surface area contributed by atoms with Gasteiger partial charge in [-0.15, -0.1) is 0 Å². The highest BCUT2D eigenvalue weighted by atomic mass is 19.4. The molecule has 1 aliphatic heterocycles. The first-order chi connectivity index (χ1) is 14.1. The summed E-state index contributed by atoms with van der Waals surface area (Å²) in [5.41, 5.74) is 4.94. The maximum Gasteiger partial charge on any atom is 0.416 e. The monoisotopic (exact) mass is 421 g/mol. The van der Waals surface area contributed by atoms with Crippen molar-refractivity contribution >= 4 is 29.1 Å². The zero-order chi connectivity index (χ0) is 21.9. The molecule has 0 bridgehead atoms. The Morgan fingerprint density at radius 2 is 1.87 bits per heavy atom. The number of primary amides is 1. The van der Waals surface area contributed by atoms with E-state index in [1.807, 2.05) is 0 Å². The quantitative estimate of drug-likeness (QED) is 0.749. The van der Waals surface area contributed by atoms with Crippen molar-refractivity contribution in [3.8, 4) is 5.75 Å². The minimum absolute atomic E-state index is 0.00493. The molecule has 0 aliphatic carbocycles. The summed E-state index contributed by atoms with van der Waals surface area (Å²) in [6, 6.07) is 10.6. The summed E-state index contributed by atoms with van der Waals surface area (Å²) in [6.07, 6.45) is -4.45. The summed E-state index contributed by atoms with van der Waals surface area (Å²) >= 11 is 0. The molecule has 0 radical (unpaired) electrons. The second-order valence-corrected chi connectivity index (χ2v) is 6.72. The van der Waals surface area contributed by atoms with Gasteiger partial charge in [0.25, 0.3) is 5.91 Å². The normalized spacial score (nSPS) is 16.4. The molecule has 0 saturated carbocycles. The molecule has 3 rings (SSSR count). The number of carbonyl (C=O) groups is 3. The molecular formula is C20H18F3N3O4. The van der Waals surface area contributed by atoms with Crippen molar-refractivity contribution in [3.05, 3.63) is 54.1 Å². The molecule has 10 heteroatoms. The minimum Gasteiger partial charge on any atom is -0.484 e. The molecular weight excluding hydrogens is 403 g/mol. The molecule has 30 heavy (non-hydrogen) atoms. The Morgan fingerprint density at radius 3 is 2.47 bits per heavy atom. The van der Waals surface area contributed by atoms with E-state index in [9.17, 15) is 27.6 Å². The van der Waals surface area contributed by atoms with Gasteiger partial charge in [0.2, 0.25) is 11.8 Å². The molecule has 0 aromatic heterocycles. The van der Waals surface area contributed by atoms with Gasteiger partial charge in [-0.1, -0.05) is 6.07 Å². The number of halogens is 3. The van der Waals surface area contributed by atoms with E-state index in [1.165, 1.54) is 29.2 Å². The Kier molecular flexibility index (Phi) is 5.95. The fraction of sp³-hybridized carbons (Fsp3) is 0.250. The lowest BCUT2D eigenvalue weighted by atomic mass is 10.1. The maximum absolute atomic E-state index is 12.7. The molecule has 3 N–H and O–H groups in total. The summed E-state index contributed by atoms with van der Waals surface area (Å²) in [5.74, 6) is -1.58. The molecule has 1 saturated heterocycles. The number of hydrogen-bond acceptors (Lipinski definition) is 4. The highest BCUT2D eigenvalue weighted by Gasteiger charge is 2.34. The van der Waals surface area contributed by atoms with Crippen molar-refractivity contribution in [3.63, 3.8) is 0 Å². The Hall–Kier alpha value is -3.56. The first-order valence-electron chi connectivity index (χ1n) is 8.93. The minimum atomic E-state index is -4.51. The predicted octanol–water partition coefficient (Wildman–Crippen LogP) is 2.56. The lowest BCUT2D eigenvalue weighted by Gasteiger charge is -2.16. The van der Waals surface area contributed by atoms with Crippen LogP contribution in [0, 0.1) is 5.92 Å². The van der Waals surface area contributed by atoms with E-state index in [0.29, 0.717) is 11.4 Å². The van der Waals surface area contributed by atoms with Gasteiger partial charge in [0.1, 0.15) is 5.75 Å². The van der Waals surface area contributed by atoms with Crippen molar-refractivity contribution in [2.24, 2.45) is 11.7 Å². The Morgan fingerprint density at radius 1 is 1.17 bits per heavy atom. The van der Waals surface area contributed by atoms with Gasteiger partial charge < -0.3 is 20.7 Å². The number of amides is 3. The summed E-state index contributed by atoms with van der Waals surface area (Å²) in [6.45, 7) is -0.213. The number of alkyl halides is 3. The van der Waals surface area contributed by atoms with Crippen LogP contribution in [0.3, 0.4) is 0 Å². The van der Waals surface area contributed by atoms with Gasteiger partial charge in [-0.2, -0.15) is 13.2 Å². The van der Waals surface area contributed by atoms with E-state index < -0.39 is 36.1 Å². The average Bonchev–Trinajstić information content (AvgIpc) is 3.08. The van der Waals surface area contributed by atoms with Crippen molar-refractivity contribution in [2.75, 3.05) is 23.4 Å². The highest BCUT2D eigenvalue weighted by Crippen LogP contribution is 2.30. The molecule has 3 amide bonds. The number of carbonyl (C=O) groups excluding carboxylic acids is 3. The van der Waals surface area contributed by atoms with Gasteiger partial charge in [0, 0.05) is 24.3 Å². The van der Waals surface area contributed by atoms with E-state index in [2.05, 4.69) is 5.32 Å². The second kappa shape index (κ2) is 8.44. The molecule has 7 nitrogen and oxygen atoms in total. The molecule has 0 unspecified atom stereocenters. The van der Waals surface area contributed by atoms with Gasteiger partial charge in [0.15, 0.2) is 6.61 Å². The third-order valence-corrected chi connectivity index (χ3v) is 4.52. The molecule has 1 heterocycles. The van der Waals surface area contributed by atoms with E-state index in [1.54, 1.807) is 12.1 Å². The molecule has 158 valence electrons. The standard InChI is InChI=1S/C20H18F3N3O4/c21-20(22,23)13-2-1-3-14(9-13)25-17(27)11-30-16-6-4-15(5-7-16)26-10-12(19(24)29)8-18(26)28/h1-7,9,12H,8,10-11H2,(H2,24,29)(H,25,27)/t12-/m1/s1. The van der Waals surface area contributed by atoms with Gasteiger partial charge in [0.05, 0.1) is 11.5 Å². The van der Waals surface area contributed by atoms with Crippen molar-refractivity contribution in [1.29, 1.82) is 0 Å². The largest absolute Gasteiger partial charge is 0.484 e. The van der Waals surface area contributed by atoms with Gasteiger partial charge >= 0.3 is 6.18 Å². The Labute approximate surface area is 169 Å². The van der Waals surface area contributed by atoms with Crippen LogP contribution in [0.2, 0.25) is 0 Å². The van der Waals surface area contributed by atoms with Crippen LogP contribution in [0.25, 0.3) is 0 Å². The van der Waals surface area contributed by atoms with Crippen LogP contribution in [-0.4, -0.2) is 30.9 Å². The Bertz CT molecular complexity index is 961. The van der Waals surface area contributed by atoms with E-state index >= 15 is 0 Å². The third-order valence-electron chi connectivity index (χ3n) is 4.52. The van der Waals surface area contributed by atoms with E-state index in [0.717, 1.165) is 12.1 Å². The van der Waals surface area contributed by atoms with Gasteiger partial charge in [-0.05, 0) is 42.5 Å². The summed E-state index contributed by atoms with van der Waals surface area (Å²) in [4.78, 5) is 36.7. The lowest BCUT2D eigenvalue weighted by Crippen LogP contribution is -2.28. The molecule has 2 aromatic carbocycles. The molecule has 1 aliphatic rings. The van der Waals surface area contributed by atoms with Gasteiger partial charge in [-0.3, -0.25) is 14.4 Å². The van der Waals surface area contributed by atoms with Gasteiger partial charge in [-0.25, -0.2) is 0 Å². The molecule has 2 aromatic rings. The number of hydrogen-bond donors (Lipinski definition) is 2. The van der Waals surface area contributed by atoms with Crippen LogP contribution in [0.15, 0.2) is 48.5 Å². The molecule has 0 spiro atoms. The topological polar surface area (TPSA) is 102 Å². The first kappa shape index (κ1) is 21.2. The van der Waals surface area contributed by atoms with Crippen molar-refractivity contribution in [1.82, 2.24) is 0 Å². The molecule has 1 atom stereocenters. The predicted molar refractivity (Wildman–Crippen MR) is 102 cm³/mol. The fourth-order valence-electron chi connectivity index (χ4n) is 2.99. The highest BCUT2D eigenvalue weighted by molar-refractivity contribution is 6.00. The van der Waals surface area contributed by atoms with E-state index in [-0.39, 0.29) is 24.6 Å². The number of rotatable bonds is 6. The van der Waals surface area contributed by atoms with E-state index in [4.69, 9.17) is 10.5 Å². The number of anilines is 2. The van der Waals surface area contributed by atoms with Crippen LogP contribution < -0.4 is 20.7 Å². The number of nitrogens with one attached hydrogen (secondary N) is 1. The average molecular weight is 421 g/mol. The number of nitrogens with zero attached hydrogens (tertiary/aromatic N) is 1. The summed E-state index contributed by atoms with van der Waals surface area (Å²) in [7, 11) is 0. The number of benzene rings is 2. The molecule has 1 fully saturated rings. The SMILES string of the molecule is NC(=O)[C@@H]1CC(=O)N(c2ccc(OCC(=O)Nc3cccc(C(F)(F)F)c3)cc2)C1. The number of ether oxygens (including phenoxy) is 1. The summed E-state index contributed by atoms with van der Waals surface area (Å²) in [5, 5.41) is 2.34. The van der Waals surface area contributed by atoms with Crippen LogP contribution in [-0.2, 0) is 20.6 Å². The second-order valence-electron chi connectivity index (χ2n) is 6.72. The van der Waals surface area contributed by atoms with Crippen LogP contribution in [0.1, 0.15) is 12.0 Å². The van der Waals surface area contributed by atoms with Crippen molar-refractivity contribution < 1.29 is 32.3 Å². The summed E-state index contributed by atoms with van der Waals surface area (Å²) < 4.78 is 43.5. The first-order valence-corrected chi connectivity index (χ1v) is 8.93. The van der Waals surface area contributed by atoms with Crippen LogP contribution in [0.4, 0.5) is 24.5 Å². The van der Waals surface area contributed by atoms with Crippen LogP contribution in [0.5, 0.6) is 5.75 Å². The van der Waals surface area contributed by atoms with Crippen LogP contribution >= 0.6 is 0 Å². The fourth-order valence-corrected chi connectivity index (χ4v) is 2.99. The van der Waals surface area contributed by atoms with Crippen molar-refractivity contribution in [2.45, 2.75) is 12.6 Å². The lowest BCUT2D eigenvalue weighted by molar-refractivity contribution is -0.137. The number of nitrogens with two attached hydrogens (primary N) is 1. The third kappa shape index (κ3) is 5.07. The maximum atomic E-state index is 12.7. The zero-order valence-electron chi connectivity index (χ0n) is 15.6. The zero-order valence-corrected chi connectivity index (χ0v) is 15.6.